The zero-order valence-electron chi connectivity index (χ0n) is 9.75. The molecule has 102 valence electrons. The van der Waals surface area contributed by atoms with E-state index < -0.39 is 24.4 Å². The predicted octanol–water partition coefficient (Wildman–Crippen LogP) is 2.45. The molecule has 8 heteroatoms. The Morgan fingerprint density at radius 3 is 2.63 bits per heavy atom. The molecule has 1 N–H and O–H groups in total. The molecule has 0 heterocycles. The van der Waals surface area contributed by atoms with Gasteiger partial charge in [0.25, 0.3) is 0 Å². The summed E-state index contributed by atoms with van der Waals surface area (Å²) in [5.41, 5.74) is 0.0697. The molecule has 0 aliphatic carbocycles. The number of methoxy groups -OCH3 is 1. The highest BCUT2D eigenvalue weighted by Gasteiger charge is 2.32. The number of rotatable bonds is 4. The minimum absolute atomic E-state index is 0.0697. The normalized spacial score (nSPS) is 10.5. The second-order valence-electron chi connectivity index (χ2n) is 3.30. The zero-order chi connectivity index (χ0) is 14.5. The second-order valence-corrected chi connectivity index (χ2v) is 3.30. The molecule has 1 rings (SSSR count). The molecular weight excluding hydrogens is 265 g/mol. The van der Waals surface area contributed by atoms with Gasteiger partial charge in [-0.05, 0) is 12.1 Å². The Kier molecular flexibility index (Phi) is 4.58. The average molecular weight is 274 g/mol. The van der Waals surface area contributed by atoms with E-state index in [0.717, 1.165) is 6.07 Å². The first-order valence-corrected chi connectivity index (χ1v) is 4.96. The number of ether oxygens (including phenoxy) is 2. The average Bonchev–Trinajstić information content (AvgIpc) is 2.27. The van der Waals surface area contributed by atoms with Crippen LogP contribution in [0.5, 0.6) is 11.5 Å². The van der Waals surface area contributed by atoms with E-state index in [1.165, 1.54) is 19.2 Å². The Morgan fingerprint density at radius 2 is 2.11 bits per heavy atom. The molecule has 0 saturated carbocycles. The van der Waals surface area contributed by atoms with Gasteiger partial charge < -0.3 is 14.8 Å². The maximum atomic E-state index is 12.2. The van der Waals surface area contributed by atoms with Crippen LogP contribution in [-0.2, 0) is 4.79 Å². The third-order valence-electron chi connectivity index (χ3n) is 1.91. The van der Waals surface area contributed by atoms with Crippen molar-refractivity contribution in [3.05, 3.63) is 18.2 Å². The molecule has 1 aromatic rings. The Balaban J connectivity index is 2.95. The van der Waals surface area contributed by atoms with Gasteiger partial charge in [-0.2, -0.15) is 5.26 Å². The summed E-state index contributed by atoms with van der Waals surface area (Å²) in [7, 11) is 1.19. The zero-order valence-corrected chi connectivity index (χ0v) is 9.75. The number of alkyl halides is 3. The van der Waals surface area contributed by atoms with E-state index >= 15 is 0 Å². The van der Waals surface area contributed by atoms with Crippen LogP contribution in [0.2, 0.25) is 0 Å². The fraction of sp³-hybridized carbons (Fsp3) is 0.273. The van der Waals surface area contributed by atoms with Gasteiger partial charge in [0.15, 0.2) is 11.5 Å². The largest absolute Gasteiger partial charge is 0.573 e. The van der Waals surface area contributed by atoms with Crippen molar-refractivity contribution in [2.45, 2.75) is 12.8 Å². The highest BCUT2D eigenvalue weighted by molar-refractivity contribution is 5.92. The number of halogens is 3. The number of carbonyl (C=O) groups is 1. The fourth-order valence-corrected chi connectivity index (χ4v) is 1.24. The maximum Gasteiger partial charge on any atom is 0.573 e. The van der Waals surface area contributed by atoms with Gasteiger partial charge in [0.1, 0.15) is 6.42 Å². The predicted molar refractivity (Wildman–Crippen MR) is 58.5 cm³/mol. The van der Waals surface area contributed by atoms with Crippen LogP contribution in [0.3, 0.4) is 0 Å². The molecule has 0 aliphatic rings. The fourth-order valence-electron chi connectivity index (χ4n) is 1.24. The van der Waals surface area contributed by atoms with Crippen LogP contribution < -0.4 is 14.8 Å². The molecule has 0 spiro atoms. The molecule has 0 aliphatic heterocycles. The number of hydrogen-bond acceptors (Lipinski definition) is 4. The van der Waals surface area contributed by atoms with Crippen LogP contribution >= 0.6 is 0 Å². The molecule has 0 bridgehead atoms. The van der Waals surface area contributed by atoms with Gasteiger partial charge >= 0.3 is 6.36 Å². The van der Waals surface area contributed by atoms with Crippen LogP contribution in [0.1, 0.15) is 6.42 Å². The summed E-state index contributed by atoms with van der Waals surface area (Å²) < 4.78 is 45.0. The SMILES string of the molecule is COc1ccc(NC(=O)CC#N)cc1OC(F)(F)F. The number of nitrogens with one attached hydrogen (secondary N) is 1. The van der Waals surface area contributed by atoms with Crippen molar-refractivity contribution in [3.63, 3.8) is 0 Å². The van der Waals surface area contributed by atoms with Crippen LogP contribution in [0.15, 0.2) is 18.2 Å². The molecular formula is C11H9F3N2O3. The number of carbonyl (C=O) groups excluding carboxylic acids is 1. The van der Waals surface area contributed by atoms with Crippen molar-refractivity contribution in [2.75, 3.05) is 12.4 Å². The number of hydrogen-bond donors (Lipinski definition) is 1. The molecule has 1 aromatic carbocycles. The van der Waals surface area contributed by atoms with Crippen molar-refractivity contribution >= 4 is 11.6 Å². The number of amides is 1. The van der Waals surface area contributed by atoms with Crippen molar-refractivity contribution < 1.29 is 27.4 Å². The van der Waals surface area contributed by atoms with E-state index in [-0.39, 0.29) is 11.4 Å². The maximum absolute atomic E-state index is 12.2. The van der Waals surface area contributed by atoms with Gasteiger partial charge in [0.2, 0.25) is 5.91 Å². The monoisotopic (exact) mass is 274 g/mol. The van der Waals surface area contributed by atoms with Crippen LogP contribution in [0.25, 0.3) is 0 Å². The van der Waals surface area contributed by atoms with Gasteiger partial charge in [0, 0.05) is 11.8 Å². The van der Waals surface area contributed by atoms with Crippen LogP contribution in [-0.4, -0.2) is 19.4 Å². The molecule has 19 heavy (non-hydrogen) atoms. The lowest BCUT2D eigenvalue weighted by atomic mass is 10.2. The Hall–Kier alpha value is -2.43. The highest BCUT2D eigenvalue weighted by Crippen LogP contribution is 2.34. The lowest BCUT2D eigenvalue weighted by molar-refractivity contribution is -0.275. The topological polar surface area (TPSA) is 71.3 Å². The Bertz CT molecular complexity index is 509. The third kappa shape index (κ3) is 4.75. The third-order valence-corrected chi connectivity index (χ3v) is 1.91. The van der Waals surface area contributed by atoms with Gasteiger partial charge in [-0.15, -0.1) is 13.2 Å². The van der Waals surface area contributed by atoms with Gasteiger partial charge in [-0.1, -0.05) is 0 Å². The summed E-state index contributed by atoms with van der Waals surface area (Å²) >= 11 is 0. The quantitative estimate of drug-likeness (QED) is 0.915. The van der Waals surface area contributed by atoms with E-state index in [1.54, 1.807) is 6.07 Å². The highest BCUT2D eigenvalue weighted by atomic mass is 19.4. The van der Waals surface area contributed by atoms with E-state index in [0.29, 0.717) is 0 Å². The van der Waals surface area contributed by atoms with E-state index in [1.807, 2.05) is 0 Å². The lowest BCUT2D eigenvalue weighted by Gasteiger charge is -2.13. The summed E-state index contributed by atoms with van der Waals surface area (Å²) in [5.74, 6) is -1.34. The Labute approximate surface area is 106 Å². The van der Waals surface area contributed by atoms with E-state index in [4.69, 9.17) is 10.00 Å². The first-order chi connectivity index (χ1) is 8.85. The van der Waals surface area contributed by atoms with Crippen LogP contribution in [0.4, 0.5) is 18.9 Å². The van der Waals surface area contributed by atoms with Crippen molar-refractivity contribution in [2.24, 2.45) is 0 Å². The molecule has 0 unspecified atom stereocenters. The molecule has 0 fully saturated rings. The van der Waals surface area contributed by atoms with Gasteiger partial charge in [0.05, 0.1) is 13.2 Å². The van der Waals surface area contributed by atoms with Crippen LogP contribution in [0, 0.1) is 11.3 Å². The molecule has 1 amide bonds. The molecule has 0 saturated heterocycles. The first-order valence-electron chi connectivity index (χ1n) is 4.96. The minimum atomic E-state index is -4.87. The molecule has 5 nitrogen and oxygen atoms in total. The summed E-state index contributed by atoms with van der Waals surface area (Å²) in [6.07, 6.45) is -5.27. The van der Waals surface area contributed by atoms with Crippen molar-refractivity contribution in [1.82, 2.24) is 0 Å². The number of anilines is 1. The summed E-state index contributed by atoms with van der Waals surface area (Å²) in [6, 6.07) is 5.12. The van der Waals surface area contributed by atoms with Gasteiger partial charge in [-0.3, -0.25) is 4.79 Å². The lowest BCUT2D eigenvalue weighted by Crippen LogP contribution is -2.18. The standard InChI is InChI=1S/C11H9F3N2O3/c1-18-8-3-2-7(16-10(17)4-5-15)6-9(8)19-11(12,13)14/h2-3,6H,4H2,1H3,(H,16,17). The smallest absolute Gasteiger partial charge is 0.493 e. The van der Waals surface area contributed by atoms with E-state index in [9.17, 15) is 18.0 Å². The summed E-state index contributed by atoms with van der Waals surface area (Å²) in [4.78, 5) is 11.1. The summed E-state index contributed by atoms with van der Waals surface area (Å²) in [5, 5.41) is 10.6. The molecule has 0 radical (unpaired) electrons. The summed E-state index contributed by atoms with van der Waals surface area (Å²) in [6.45, 7) is 0. The number of nitrogens with zero attached hydrogens (tertiary/aromatic N) is 1. The number of nitriles is 1. The first kappa shape index (κ1) is 14.6. The van der Waals surface area contributed by atoms with E-state index in [2.05, 4.69) is 10.1 Å². The minimum Gasteiger partial charge on any atom is -0.493 e. The number of benzene rings is 1. The van der Waals surface area contributed by atoms with Crippen molar-refractivity contribution in [3.8, 4) is 17.6 Å². The Morgan fingerprint density at radius 1 is 1.42 bits per heavy atom. The molecule has 0 atom stereocenters. The van der Waals surface area contributed by atoms with Crippen molar-refractivity contribution in [1.29, 1.82) is 5.26 Å². The van der Waals surface area contributed by atoms with Gasteiger partial charge in [-0.25, -0.2) is 0 Å². The second kappa shape index (κ2) is 5.95. The molecule has 0 aromatic heterocycles.